The van der Waals surface area contributed by atoms with Crippen molar-refractivity contribution in [3.05, 3.63) is 35.1 Å². The Labute approximate surface area is 187 Å². The van der Waals surface area contributed by atoms with Crippen LogP contribution in [0.15, 0.2) is 12.1 Å². The van der Waals surface area contributed by atoms with Gasteiger partial charge in [0.1, 0.15) is 5.82 Å². The summed E-state index contributed by atoms with van der Waals surface area (Å²) in [5.74, 6) is -3.39. The Balaban J connectivity index is 1.43. The van der Waals surface area contributed by atoms with E-state index in [1.807, 2.05) is 4.90 Å². The predicted octanol–water partition coefficient (Wildman–Crippen LogP) is 3.35. The Morgan fingerprint density at radius 2 is 1.62 bits per heavy atom. The molecule has 1 aromatic carbocycles. The smallest absolute Gasteiger partial charge is 0.229 e. The molecule has 5 nitrogen and oxygen atoms in total. The molecule has 1 amide bonds. The van der Waals surface area contributed by atoms with Crippen molar-refractivity contribution in [2.45, 2.75) is 82.2 Å². The van der Waals surface area contributed by atoms with Gasteiger partial charge in [-0.1, -0.05) is 13.8 Å². The highest BCUT2D eigenvalue weighted by Gasteiger charge is 2.50. The molecule has 178 valence electrons. The highest BCUT2D eigenvalue weighted by Crippen LogP contribution is 2.43. The topological polar surface area (TPSA) is 80.5 Å². The second-order valence-corrected chi connectivity index (χ2v) is 12.7. The SMILES string of the molecule is CC(C)(CS(=O)(=O)C1CC1)C(=O)N1C2CCC1CC([C@H](N)Cc1cc(F)c(F)cc1F)C2. The molecular weight excluding hydrogens is 441 g/mol. The number of amides is 1. The van der Waals surface area contributed by atoms with Crippen LogP contribution < -0.4 is 5.73 Å². The first-order valence-corrected chi connectivity index (χ1v) is 13.0. The maximum Gasteiger partial charge on any atom is 0.229 e. The zero-order valence-electron chi connectivity index (χ0n) is 18.5. The molecule has 1 saturated carbocycles. The molecule has 4 rings (SSSR count). The van der Waals surface area contributed by atoms with Gasteiger partial charge < -0.3 is 10.6 Å². The summed E-state index contributed by atoms with van der Waals surface area (Å²) in [4.78, 5) is 15.3. The van der Waals surface area contributed by atoms with Crippen LogP contribution in [0.2, 0.25) is 0 Å². The number of hydrogen-bond acceptors (Lipinski definition) is 4. The number of piperidine rings is 1. The van der Waals surface area contributed by atoms with E-state index in [0.717, 1.165) is 18.9 Å². The molecule has 32 heavy (non-hydrogen) atoms. The van der Waals surface area contributed by atoms with Crippen LogP contribution in [-0.4, -0.2) is 48.4 Å². The number of benzene rings is 1. The number of halogens is 3. The van der Waals surface area contributed by atoms with E-state index >= 15 is 0 Å². The van der Waals surface area contributed by atoms with Crippen LogP contribution in [0, 0.1) is 28.8 Å². The first kappa shape index (κ1) is 23.5. The molecule has 1 aromatic rings. The van der Waals surface area contributed by atoms with Gasteiger partial charge in [-0.2, -0.15) is 0 Å². The zero-order valence-corrected chi connectivity index (χ0v) is 19.3. The largest absolute Gasteiger partial charge is 0.336 e. The molecule has 0 radical (unpaired) electrons. The molecule has 0 spiro atoms. The summed E-state index contributed by atoms with van der Waals surface area (Å²) in [6.45, 7) is 3.41. The summed E-state index contributed by atoms with van der Waals surface area (Å²) in [6.07, 6.45) is 4.38. The molecule has 9 heteroatoms. The molecule has 2 N–H and O–H groups in total. The maximum atomic E-state index is 14.1. The van der Waals surface area contributed by atoms with E-state index in [-0.39, 0.29) is 46.9 Å². The van der Waals surface area contributed by atoms with E-state index in [0.29, 0.717) is 31.7 Å². The molecule has 2 saturated heterocycles. The minimum absolute atomic E-state index is 0.0161. The molecular formula is C23H31F3N2O3S. The summed E-state index contributed by atoms with van der Waals surface area (Å²) >= 11 is 0. The molecule has 2 bridgehead atoms. The Morgan fingerprint density at radius 3 is 2.19 bits per heavy atom. The van der Waals surface area contributed by atoms with E-state index in [4.69, 9.17) is 5.73 Å². The first-order chi connectivity index (χ1) is 14.9. The zero-order chi connectivity index (χ0) is 23.4. The molecule has 2 aliphatic heterocycles. The third-order valence-electron chi connectivity index (χ3n) is 7.33. The van der Waals surface area contributed by atoms with Crippen molar-refractivity contribution >= 4 is 15.7 Å². The number of carbonyl (C=O) groups is 1. The number of rotatable bonds is 7. The van der Waals surface area contributed by atoms with E-state index in [1.165, 1.54) is 0 Å². The fraction of sp³-hybridized carbons (Fsp3) is 0.696. The Hall–Kier alpha value is -1.61. The summed E-state index contributed by atoms with van der Waals surface area (Å²) in [7, 11) is -3.27. The fourth-order valence-corrected chi connectivity index (χ4v) is 7.72. The average Bonchev–Trinajstić information content (AvgIpc) is 3.51. The van der Waals surface area contributed by atoms with Crippen LogP contribution in [0.5, 0.6) is 0 Å². The molecule has 0 aromatic heterocycles. The minimum atomic E-state index is -3.27. The van der Waals surface area contributed by atoms with Gasteiger partial charge in [0.05, 0.1) is 16.4 Å². The van der Waals surface area contributed by atoms with Crippen molar-refractivity contribution in [2.75, 3.05) is 5.75 Å². The molecule has 3 fully saturated rings. The van der Waals surface area contributed by atoms with Gasteiger partial charge in [0.2, 0.25) is 5.91 Å². The number of nitrogens with zero attached hydrogens (tertiary/aromatic N) is 1. The third-order valence-corrected chi connectivity index (χ3v) is 9.94. The third kappa shape index (κ3) is 4.55. The quantitative estimate of drug-likeness (QED) is 0.618. The van der Waals surface area contributed by atoms with Crippen molar-refractivity contribution in [3.8, 4) is 0 Å². The minimum Gasteiger partial charge on any atom is -0.336 e. The van der Waals surface area contributed by atoms with Gasteiger partial charge in [-0.25, -0.2) is 21.6 Å². The van der Waals surface area contributed by atoms with Crippen molar-refractivity contribution in [3.63, 3.8) is 0 Å². The van der Waals surface area contributed by atoms with E-state index in [9.17, 15) is 26.4 Å². The normalized spacial score (nSPS) is 26.9. The van der Waals surface area contributed by atoms with E-state index in [1.54, 1.807) is 13.8 Å². The summed E-state index contributed by atoms with van der Waals surface area (Å²) in [5, 5.41) is -0.299. The van der Waals surface area contributed by atoms with Crippen LogP contribution >= 0.6 is 0 Å². The predicted molar refractivity (Wildman–Crippen MR) is 115 cm³/mol. The van der Waals surface area contributed by atoms with Crippen molar-refractivity contribution in [1.82, 2.24) is 4.90 Å². The van der Waals surface area contributed by atoms with E-state index in [2.05, 4.69) is 0 Å². The van der Waals surface area contributed by atoms with Gasteiger partial charge in [-0.05, 0) is 62.5 Å². The van der Waals surface area contributed by atoms with Crippen molar-refractivity contribution in [2.24, 2.45) is 17.1 Å². The first-order valence-electron chi connectivity index (χ1n) is 11.3. The van der Waals surface area contributed by atoms with Gasteiger partial charge in [0.15, 0.2) is 21.5 Å². The highest BCUT2D eigenvalue weighted by molar-refractivity contribution is 7.92. The standard InChI is InChI=1S/C23H31F3N2O3S/c1-23(2,12-32(30,31)17-5-6-17)22(29)28-15-3-4-16(28)8-14(7-15)21(27)10-13-9-19(25)20(26)11-18(13)24/h9,11,14-17,21H,3-8,10,12,27H2,1-2H3/t14?,15?,16?,21-/m1/s1. The maximum absolute atomic E-state index is 14.1. The number of fused-ring (bicyclic) bond motifs is 2. The second kappa shape index (κ2) is 8.31. The molecule has 1 aliphatic carbocycles. The van der Waals surface area contributed by atoms with Crippen molar-refractivity contribution in [1.29, 1.82) is 0 Å². The van der Waals surface area contributed by atoms with Crippen LogP contribution in [0.4, 0.5) is 13.2 Å². The van der Waals surface area contributed by atoms with Crippen LogP contribution in [0.25, 0.3) is 0 Å². The Morgan fingerprint density at radius 1 is 1.06 bits per heavy atom. The van der Waals surface area contributed by atoms with Gasteiger partial charge in [0, 0.05) is 24.2 Å². The lowest BCUT2D eigenvalue weighted by molar-refractivity contribution is -0.144. The van der Waals surface area contributed by atoms with E-state index < -0.39 is 38.7 Å². The lowest BCUT2D eigenvalue weighted by Crippen LogP contribution is -2.54. The monoisotopic (exact) mass is 472 g/mol. The molecule has 2 unspecified atom stereocenters. The van der Waals surface area contributed by atoms with Gasteiger partial charge in [0.25, 0.3) is 0 Å². The lowest BCUT2D eigenvalue weighted by Gasteiger charge is -2.44. The second-order valence-electron chi connectivity index (χ2n) is 10.4. The Kier molecular flexibility index (Phi) is 6.11. The summed E-state index contributed by atoms with van der Waals surface area (Å²) in [5.41, 5.74) is 5.41. The number of nitrogens with two attached hydrogens (primary N) is 1. The molecule has 3 aliphatic rings. The summed E-state index contributed by atoms with van der Waals surface area (Å²) < 4.78 is 65.8. The van der Waals surface area contributed by atoms with Crippen LogP contribution in [0.1, 0.15) is 57.9 Å². The summed E-state index contributed by atoms with van der Waals surface area (Å²) in [6, 6.07) is 0.892. The highest BCUT2D eigenvalue weighted by atomic mass is 32.2. The fourth-order valence-electron chi connectivity index (χ4n) is 5.50. The molecule has 2 heterocycles. The lowest BCUT2D eigenvalue weighted by atomic mass is 9.81. The van der Waals surface area contributed by atoms with Crippen LogP contribution in [0.3, 0.4) is 0 Å². The number of carbonyl (C=O) groups excluding carboxylic acids is 1. The van der Waals surface area contributed by atoms with Gasteiger partial charge in [-0.15, -0.1) is 0 Å². The van der Waals surface area contributed by atoms with Gasteiger partial charge >= 0.3 is 0 Å². The number of sulfone groups is 1. The van der Waals surface area contributed by atoms with Crippen molar-refractivity contribution < 1.29 is 26.4 Å². The number of hydrogen-bond donors (Lipinski definition) is 1. The van der Waals surface area contributed by atoms with Crippen LogP contribution in [-0.2, 0) is 21.1 Å². The molecule has 3 atom stereocenters. The van der Waals surface area contributed by atoms with Gasteiger partial charge in [-0.3, -0.25) is 4.79 Å². The Bertz CT molecular complexity index is 996. The average molecular weight is 473 g/mol.